The van der Waals surface area contributed by atoms with Crippen LogP contribution in [0.25, 0.3) is 0 Å². The van der Waals surface area contributed by atoms with Gasteiger partial charge in [-0.2, -0.15) is 4.31 Å². The second-order valence-electron chi connectivity index (χ2n) is 3.85. The van der Waals surface area contributed by atoms with Gasteiger partial charge in [-0.05, 0) is 12.1 Å². The second kappa shape index (κ2) is 5.19. The second-order valence-corrected chi connectivity index (χ2v) is 5.70. The highest BCUT2D eigenvalue weighted by atomic mass is 32.2. The number of hydrogen-bond donors (Lipinski definition) is 1. The van der Waals surface area contributed by atoms with E-state index < -0.39 is 32.9 Å². The van der Waals surface area contributed by atoms with E-state index in [9.17, 15) is 17.6 Å². The molecular weight excluding hydrogens is 279 g/mol. The van der Waals surface area contributed by atoms with Crippen LogP contribution in [-0.4, -0.2) is 54.6 Å². The van der Waals surface area contributed by atoms with Gasteiger partial charge in [0.05, 0.1) is 13.2 Å². The van der Waals surface area contributed by atoms with Crippen molar-refractivity contribution in [2.75, 3.05) is 19.7 Å². The van der Waals surface area contributed by atoms with Crippen molar-refractivity contribution >= 4 is 16.0 Å². The third-order valence-corrected chi connectivity index (χ3v) is 4.41. The summed E-state index contributed by atoms with van der Waals surface area (Å²) in [4.78, 5) is 14.3. The minimum absolute atomic E-state index is 0.0396. The molecule has 7 nitrogen and oxygen atoms in total. The van der Waals surface area contributed by atoms with Crippen LogP contribution in [0.5, 0.6) is 0 Å². The van der Waals surface area contributed by atoms with Crippen LogP contribution in [0.15, 0.2) is 23.4 Å². The van der Waals surface area contributed by atoms with Gasteiger partial charge >= 0.3 is 5.97 Å². The fraction of sp³-hybridized carbons (Fsp3) is 0.400. The molecule has 0 bridgehead atoms. The average Bonchev–Trinajstić information content (AvgIpc) is 2.39. The molecule has 1 N–H and O–H groups in total. The Morgan fingerprint density at radius 2 is 2.32 bits per heavy atom. The normalized spacial score (nSPS) is 21.2. The van der Waals surface area contributed by atoms with Gasteiger partial charge in [-0.25, -0.2) is 22.6 Å². The molecule has 2 rings (SSSR count). The average molecular weight is 290 g/mol. The SMILES string of the molecule is O=C(O)C1CN(S(=O)(=O)c2ncccc2F)CCO1. The Morgan fingerprint density at radius 3 is 2.95 bits per heavy atom. The van der Waals surface area contributed by atoms with Gasteiger partial charge in [0.15, 0.2) is 11.9 Å². The van der Waals surface area contributed by atoms with Gasteiger partial charge in [-0.1, -0.05) is 0 Å². The maximum Gasteiger partial charge on any atom is 0.334 e. The summed E-state index contributed by atoms with van der Waals surface area (Å²) in [5.41, 5.74) is 0. The summed E-state index contributed by atoms with van der Waals surface area (Å²) in [6, 6.07) is 2.25. The number of hydrogen-bond acceptors (Lipinski definition) is 5. The number of pyridine rings is 1. The molecule has 9 heteroatoms. The zero-order chi connectivity index (χ0) is 14.0. The van der Waals surface area contributed by atoms with Gasteiger partial charge in [-0.3, -0.25) is 0 Å². The molecule has 1 atom stereocenters. The largest absolute Gasteiger partial charge is 0.479 e. The van der Waals surface area contributed by atoms with Gasteiger partial charge in [-0.15, -0.1) is 0 Å². The summed E-state index contributed by atoms with van der Waals surface area (Å²) in [5, 5.41) is 8.10. The zero-order valence-corrected chi connectivity index (χ0v) is 10.5. The van der Waals surface area contributed by atoms with E-state index in [1.165, 1.54) is 6.07 Å². The molecule has 1 saturated heterocycles. The first kappa shape index (κ1) is 13.8. The molecule has 0 saturated carbocycles. The number of carboxylic acid groups (broad SMARTS) is 1. The van der Waals surface area contributed by atoms with E-state index >= 15 is 0 Å². The molecule has 1 aliphatic rings. The third kappa shape index (κ3) is 2.72. The maximum absolute atomic E-state index is 13.5. The van der Waals surface area contributed by atoms with E-state index in [2.05, 4.69) is 4.98 Å². The number of nitrogens with zero attached hydrogens (tertiary/aromatic N) is 2. The van der Waals surface area contributed by atoms with E-state index in [0.717, 1.165) is 16.6 Å². The lowest BCUT2D eigenvalue weighted by atomic mass is 10.3. The van der Waals surface area contributed by atoms with Gasteiger partial charge in [0.1, 0.15) is 0 Å². The molecule has 0 aliphatic carbocycles. The maximum atomic E-state index is 13.5. The topological polar surface area (TPSA) is 96.8 Å². The Kier molecular flexibility index (Phi) is 3.78. The van der Waals surface area contributed by atoms with Gasteiger partial charge in [0, 0.05) is 12.7 Å². The molecule has 1 aromatic heterocycles. The predicted octanol–water partition coefficient (Wildman–Crippen LogP) is -0.305. The molecule has 0 spiro atoms. The van der Waals surface area contributed by atoms with E-state index in [1.807, 2.05) is 0 Å². The summed E-state index contributed by atoms with van der Waals surface area (Å²) >= 11 is 0. The molecule has 0 amide bonds. The Morgan fingerprint density at radius 1 is 1.58 bits per heavy atom. The minimum Gasteiger partial charge on any atom is -0.479 e. The van der Waals surface area contributed by atoms with E-state index in [-0.39, 0.29) is 19.7 Å². The van der Waals surface area contributed by atoms with E-state index in [4.69, 9.17) is 9.84 Å². The molecule has 0 aromatic carbocycles. The van der Waals surface area contributed by atoms with Crippen LogP contribution in [0.1, 0.15) is 0 Å². The van der Waals surface area contributed by atoms with Crippen molar-refractivity contribution in [3.05, 3.63) is 24.1 Å². The van der Waals surface area contributed by atoms with Crippen LogP contribution in [-0.2, 0) is 19.6 Å². The Hall–Kier alpha value is -1.58. The molecular formula is C10H11FN2O5S. The van der Waals surface area contributed by atoms with E-state index in [1.54, 1.807) is 0 Å². The number of halogens is 1. The Labute approximate surface area is 108 Å². The highest BCUT2D eigenvalue weighted by Gasteiger charge is 2.36. The summed E-state index contributed by atoms with van der Waals surface area (Å²) in [6.45, 7) is -0.472. The van der Waals surface area contributed by atoms with Crippen molar-refractivity contribution in [2.45, 2.75) is 11.1 Å². The first-order chi connectivity index (χ1) is 8.93. The molecule has 1 aromatic rings. The molecule has 1 fully saturated rings. The summed E-state index contributed by atoms with van der Waals surface area (Å²) in [7, 11) is -4.16. The molecule has 19 heavy (non-hydrogen) atoms. The number of morpholine rings is 1. The standard InChI is InChI=1S/C10H11FN2O5S/c11-7-2-1-3-12-9(7)19(16,17)13-4-5-18-8(6-13)10(14)15/h1-3,8H,4-6H2,(H,14,15). The highest BCUT2D eigenvalue weighted by Crippen LogP contribution is 2.19. The monoisotopic (exact) mass is 290 g/mol. The number of ether oxygens (including phenoxy) is 1. The first-order valence-corrected chi connectivity index (χ1v) is 6.82. The van der Waals surface area contributed by atoms with Crippen molar-refractivity contribution in [3.8, 4) is 0 Å². The number of aliphatic carboxylic acids is 1. The van der Waals surface area contributed by atoms with Crippen molar-refractivity contribution in [3.63, 3.8) is 0 Å². The summed E-state index contributed by atoms with van der Waals surface area (Å²) in [5.74, 6) is -2.23. The van der Waals surface area contributed by atoms with Crippen LogP contribution in [0.2, 0.25) is 0 Å². The lowest BCUT2D eigenvalue weighted by molar-refractivity contribution is -0.153. The minimum atomic E-state index is -4.16. The van der Waals surface area contributed by atoms with Crippen LogP contribution in [0.3, 0.4) is 0 Å². The van der Waals surface area contributed by atoms with Gasteiger partial charge in [0.25, 0.3) is 10.0 Å². The third-order valence-electron chi connectivity index (χ3n) is 2.61. The smallest absolute Gasteiger partial charge is 0.334 e. The Balaban J connectivity index is 2.30. The molecule has 2 heterocycles. The van der Waals surface area contributed by atoms with E-state index in [0.29, 0.717) is 0 Å². The highest BCUT2D eigenvalue weighted by molar-refractivity contribution is 7.89. The quantitative estimate of drug-likeness (QED) is 0.820. The molecule has 0 radical (unpaired) electrons. The molecule has 104 valence electrons. The number of aromatic nitrogens is 1. The first-order valence-electron chi connectivity index (χ1n) is 5.38. The van der Waals surface area contributed by atoms with Crippen LogP contribution in [0, 0.1) is 5.82 Å². The van der Waals surface area contributed by atoms with Crippen LogP contribution >= 0.6 is 0 Å². The van der Waals surface area contributed by atoms with Crippen molar-refractivity contribution in [2.24, 2.45) is 0 Å². The summed E-state index contributed by atoms with van der Waals surface area (Å²) in [6.07, 6.45) is -0.0965. The van der Waals surface area contributed by atoms with Crippen LogP contribution < -0.4 is 0 Å². The number of sulfonamides is 1. The molecule has 1 unspecified atom stereocenters. The fourth-order valence-corrected chi connectivity index (χ4v) is 3.08. The zero-order valence-electron chi connectivity index (χ0n) is 9.69. The Bertz CT molecular complexity index is 591. The summed E-state index contributed by atoms with van der Waals surface area (Å²) < 4.78 is 43.6. The van der Waals surface area contributed by atoms with Crippen LogP contribution in [0.4, 0.5) is 4.39 Å². The van der Waals surface area contributed by atoms with Crippen molar-refractivity contribution in [1.29, 1.82) is 0 Å². The predicted molar refractivity (Wildman–Crippen MR) is 60.3 cm³/mol. The number of rotatable bonds is 3. The van der Waals surface area contributed by atoms with Crippen molar-refractivity contribution < 1.29 is 27.4 Å². The van der Waals surface area contributed by atoms with Crippen molar-refractivity contribution in [1.82, 2.24) is 9.29 Å². The fourth-order valence-electron chi connectivity index (χ4n) is 1.68. The number of carboxylic acids is 1. The molecule has 1 aliphatic heterocycles. The van der Waals surface area contributed by atoms with Gasteiger partial charge < -0.3 is 9.84 Å². The lowest BCUT2D eigenvalue weighted by Gasteiger charge is -2.29. The lowest BCUT2D eigenvalue weighted by Crippen LogP contribution is -2.48. The number of carbonyl (C=O) groups is 1. The van der Waals surface area contributed by atoms with Gasteiger partial charge in [0.2, 0.25) is 5.03 Å².